The van der Waals surface area contributed by atoms with E-state index in [0.29, 0.717) is 18.6 Å². The van der Waals surface area contributed by atoms with Crippen LogP contribution in [0.4, 0.5) is 0 Å². The van der Waals surface area contributed by atoms with Crippen molar-refractivity contribution in [3.05, 3.63) is 34.4 Å². The van der Waals surface area contributed by atoms with Gasteiger partial charge in [-0.2, -0.15) is 0 Å². The third-order valence-electron chi connectivity index (χ3n) is 4.61. The molecule has 0 saturated carbocycles. The van der Waals surface area contributed by atoms with Crippen molar-refractivity contribution in [2.45, 2.75) is 78.1 Å². The van der Waals surface area contributed by atoms with Crippen LogP contribution in [0.1, 0.15) is 85.8 Å². The Balaban J connectivity index is 2.87. The highest BCUT2D eigenvalue weighted by Gasteiger charge is 2.16. The lowest BCUT2D eigenvalue weighted by Gasteiger charge is -2.17. The van der Waals surface area contributed by atoms with Gasteiger partial charge in [0.05, 0.1) is 12.2 Å². The number of aromatic carboxylic acids is 1. The van der Waals surface area contributed by atoms with Gasteiger partial charge >= 0.3 is 5.97 Å². The van der Waals surface area contributed by atoms with Crippen molar-refractivity contribution in [3.63, 3.8) is 0 Å². The quantitative estimate of drug-likeness (QED) is 0.489. The minimum Gasteiger partial charge on any atom is -0.478 e. The molecule has 1 aromatic carbocycles. The fraction of sp³-hybridized carbons (Fsp3) is 0.667. The number of carbonyl (C=O) groups is 1. The smallest absolute Gasteiger partial charge is 0.335 e. The standard InChI is InChI=1S/C21H34O3/c1-4-6-7-8-9-10-12-17-13-14-20(21(22)23)19(15-16-24-3)18(17)11-5-2/h13-14H,4-12,15-16H2,1-3H3,(H,22,23). The van der Waals surface area contributed by atoms with Gasteiger partial charge in [0, 0.05) is 7.11 Å². The van der Waals surface area contributed by atoms with Crippen LogP contribution in [-0.4, -0.2) is 24.8 Å². The van der Waals surface area contributed by atoms with E-state index >= 15 is 0 Å². The Morgan fingerprint density at radius 3 is 2.25 bits per heavy atom. The molecule has 3 nitrogen and oxygen atoms in total. The Hall–Kier alpha value is -1.35. The first-order chi connectivity index (χ1) is 11.7. The number of hydrogen-bond donors (Lipinski definition) is 1. The molecule has 136 valence electrons. The van der Waals surface area contributed by atoms with E-state index in [1.165, 1.54) is 49.7 Å². The maximum absolute atomic E-state index is 11.6. The number of methoxy groups -OCH3 is 1. The second-order valence-electron chi connectivity index (χ2n) is 6.55. The zero-order valence-electron chi connectivity index (χ0n) is 15.7. The van der Waals surface area contributed by atoms with E-state index in [1.807, 2.05) is 6.07 Å². The number of aryl methyl sites for hydroxylation is 1. The molecule has 1 rings (SSSR count). The van der Waals surface area contributed by atoms with Crippen molar-refractivity contribution in [1.82, 2.24) is 0 Å². The van der Waals surface area contributed by atoms with E-state index in [-0.39, 0.29) is 0 Å². The molecule has 0 radical (unpaired) electrons. The minimum atomic E-state index is -0.829. The molecule has 0 unspecified atom stereocenters. The zero-order valence-corrected chi connectivity index (χ0v) is 15.7. The molecule has 0 aliphatic heterocycles. The second-order valence-corrected chi connectivity index (χ2v) is 6.55. The highest BCUT2D eigenvalue weighted by atomic mass is 16.5. The number of unbranched alkanes of at least 4 members (excludes halogenated alkanes) is 5. The van der Waals surface area contributed by atoms with Crippen LogP contribution in [0.5, 0.6) is 0 Å². The van der Waals surface area contributed by atoms with Crippen LogP contribution in [0, 0.1) is 0 Å². The Morgan fingerprint density at radius 1 is 0.917 bits per heavy atom. The van der Waals surface area contributed by atoms with Crippen LogP contribution < -0.4 is 0 Å². The lowest BCUT2D eigenvalue weighted by Crippen LogP contribution is -2.11. The number of rotatable bonds is 13. The van der Waals surface area contributed by atoms with Gasteiger partial charge in [0.1, 0.15) is 0 Å². The molecule has 1 aromatic rings. The number of carboxylic acids is 1. The Labute approximate surface area is 147 Å². The van der Waals surface area contributed by atoms with Crippen molar-refractivity contribution in [1.29, 1.82) is 0 Å². The third-order valence-corrected chi connectivity index (χ3v) is 4.61. The second kappa shape index (κ2) is 12.1. The van der Waals surface area contributed by atoms with Crippen molar-refractivity contribution >= 4 is 5.97 Å². The molecule has 0 aliphatic carbocycles. The molecule has 0 bridgehead atoms. The van der Waals surface area contributed by atoms with Gasteiger partial charge in [0.2, 0.25) is 0 Å². The van der Waals surface area contributed by atoms with E-state index in [2.05, 4.69) is 13.8 Å². The topological polar surface area (TPSA) is 46.5 Å². The lowest BCUT2D eigenvalue weighted by atomic mass is 9.89. The van der Waals surface area contributed by atoms with E-state index in [1.54, 1.807) is 13.2 Å². The largest absolute Gasteiger partial charge is 0.478 e. The first-order valence-electron chi connectivity index (χ1n) is 9.51. The summed E-state index contributed by atoms with van der Waals surface area (Å²) in [7, 11) is 1.67. The van der Waals surface area contributed by atoms with Crippen molar-refractivity contribution in [2.75, 3.05) is 13.7 Å². The van der Waals surface area contributed by atoms with Crippen LogP contribution in [0.2, 0.25) is 0 Å². The molecule has 0 aromatic heterocycles. The van der Waals surface area contributed by atoms with E-state index in [4.69, 9.17) is 4.74 Å². The molecule has 0 amide bonds. The summed E-state index contributed by atoms with van der Waals surface area (Å²) in [6.07, 6.45) is 11.4. The predicted molar refractivity (Wildman–Crippen MR) is 100 cm³/mol. The van der Waals surface area contributed by atoms with Gasteiger partial charge in [0.25, 0.3) is 0 Å². The number of carboxylic acid groups (broad SMARTS) is 1. The van der Waals surface area contributed by atoms with E-state index in [0.717, 1.165) is 24.8 Å². The molecule has 0 heterocycles. The van der Waals surface area contributed by atoms with E-state index in [9.17, 15) is 9.90 Å². The summed E-state index contributed by atoms with van der Waals surface area (Å²) in [6, 6.07) is 3.83. The van der Waals surface area contributed by atoms with Gasteiger partial charge in [0.15, 0.2) is 0 Å². The zero-order chi connectivity index (χ0) is 17.8. The van der Waals surface area contributed by atoms with Crippen molar-refractivity contribution < 1.29 is 14.6 Å². The molecule has 0 spiro atoms. The van der Waals surface area contributed by atoms with Gasteiger partial charge < -0.3 is 9.84 Å². The maximum Gasteiger partial charge on any atom is 0.335 e. The maximum atomic E-state index is 11.6. The third kappa shape index (κ3) is 6.64. The van der Waals surface area contributed by atoms with Crippen LogP contribution in [0.25, 0.3) is 0 Å². The van der Waals surface area contributed by atoms with Crippen LogP contribution >= 0.6 is 0 Å². The summed E-state index contributed by atoms with van der Waals surface area (Å²) >= 11 is 0. The average molecular weight is 335 g/mol. The summed E-state index contributed by atoms with van der Waals surface area (Å²) in [5.74, 6) is -0.829. The van der Waals surface area contributed by atoms with Crippen LogP contribution in [-0.2, 0) is 24.0 Å². The SMILES string of the molecule is CCCCCCCCc1ccc(C(=O)O)c(CCOC)c1CCC. The number of ether oxygens (including phenoxy) is 1. The highest BCUT2D eigenvalue weighted by Crippen LogP contribution is 2.24. The lowest BCUT2D eigenvalue weighted by molar-refractivity contribution is 0.0695. The Morgan fingerprint density at radius 2 is 1.62 bits per heavy atom. The summed E-state index contributed by atoms with van der Waals surface area (Å²) in [4.78, 5) is 11.6. The highest BCUT2D eigenvalue weighted by molar-refractivity contribution is 5.90. The Bertz CT molecular complexity index is 494. The van der Waals surface area contributed by atoms with Gasteiger partial charge in [-0.3, -0.25) is 0 Å². The Kier molecular flexibility index (Phi) is 10.4. The molecule has 1 N–H and O–H groups in total. The fourth-order valence-corrected chi connectivity index (χ4v) is 3.32. The molecule has 0 aliphatic rings. The summed E-state index contributed by atoms with van der Waals surface area (Å²) in [5.41, 5.74) is 4.02. The fourth-order valence-electron chi connectivity index (χ4n) is 3.32. The molecule has 3 heteroatoms. The van der Waals surface area contributed by atoms with Gasteiger partial charge in [-0.05, 0) is 48.4 Å². The van der Waals surface area contributed by atoms with Crippen LogP contribution in [0.3, 0.4) is 0 Å². The monoisotopic (exact) mass is 334 g/mol. The molecule has 0 atom stereocenters. The van der Waals surface area contributed by atoms with Crippen LogP contribution in [0.15, 0.2) is 12.1 Å². The van der Waals surface area contributed by atoms with E-state index < -0.39 is 5.97 Å². The average Bonchev–Trinajstić information content (AvgIpc) is 2.57. The first-order valence-corrected chi connectivity index (χ1v) is 9.51. The minimum absolute atomic E-state index is 0.446. The van der Waals surface area contributed by atoms with Crippen molar-refractivity contribution in [3.8, 4) is 0 Å². The van der Waals surface area contributed by atoms with Crippen molar-refractivity contribution in [2.24, 2.45) is 0 Å². The summed E-state index contributed by atoms with van der Waals surface area (Å²) < 4.78 is 5.20. The van der Waals surface area contributed by atoms with Gasteiger partial charge in [-0.25, -0.2) is 4.79 Å². The molecular formula is C21H34O3. The summed E-state index contributed by atoms with van der Waals surface area (Å²) in [6.45, 7) is 4.96. The normalized spacial score (nSPS) is 11.0. The molecule has 24 heavy (non-hydrogen) atoms. The molecule has 0 fully saturated rings. The van der Waals surface area contributed by atoms with Gasteiger partial charge in [-0.15, -0.1) is 0 Å². The number of benzene rings is 1. The number of hydrogen-bond acceptors (Lipinski definition) is 2. The molecule has 0 saturated heterocycles. The summed E-state index contributed by atoms with van der Waals surface area (Å²) in [5, 5.41) is 9.50. The first kappa shape index (κ1) is 20.7. The van der Waals surface area contributed by atoms with Gasteiger partial charge in [-0.1, -0.05) is 58.4 Å². The predicted octanol–water partition coefficient (Wildman–Crippen LogP) is 5.43. The molecular weight excluding hydrogens is 300 g/mol.